The van der Waals surface area contributed by atoms with Crippen LogP contribution in [0.15, 0.2) is 48.5 Å². The lowest BCUT2D eigenvalue weighted by atomic mass is 9.96. The average molecular weight is 411 g/mol. The number of nitrogens with zero attached hydrogens (tertiary/aromatic N) is 2. The fourth-order valence-corrected chi connectivity index (χ4v) is 3.58. The molecule has 3 amide bonds. The van der Waals surface area contributed by atoms with Crippen molar-refractivity contribution in [1.82, 2.24) is 9.80 Å². The maximum absolute atomic E-state index is 13.1. The van der Waals surface area contributed by atoms with Gasteiger partial charge in [0.05, 0.1) is 12.5 Å². The maximum atomic E-state index is 13.1. The Bertz CT molecular complexity index is 912. The minimum absolute atomic E-state index is 0.0604. The second-order valence-corrected chi connectivity index (χ2v) is 7.71. The smallest absolute Gasteiger partial charge is 0.253 e. The van der Waals surface area contributed by atoms with Crippen molar-refractivity contribution in [3.05, 3.63) is 65.5 Å². The molecule has 7 heteroatoms. The topological polar surface area (TPSA) is 69.7 Å². The first-order chi connectivity index (χ1) is 14.3. The number of rotatable bonds is 5. The average Bonchev–Trinajstić information content (AvgIpc) is 2.75. The number of piperidine rings is 1. The molecule has 158 valence electrons. The molecule has 0 radical (unpaired) electrons. The second-order valence-electron chi connectivity index (χ2n) is 7.71. The zero-order valence-corrected chi connectivity index (χ0v) is 17.2. The number of nitrogens with one attached hydrogen (secondary N) is 1. The number of hydrogen-bond donors (Lipinski definition) is 1. The molecule has 1 aliphatic rings. The van der Waals surface area contributed by atoms with Crippen LogP contribution in [0.3, 0.4) is 0 Å². The van der Waals surface area contributed by atoms with Crippen LogP contribution in [0.5, 0.6) is 0 Å². The Balaban J connectivity index is 1.55. The summed E-state index contributed by atoms with van der Waals surface area (Å²) in [6.07, 6.45) is 1.36. The number of carbonyl (C=O) groups excluding carboxylic acids is 3. The van der Waals surface area contributed by atoms with Gasteiger partial charge in [0.15, 0.2) is 0 Å². The van der Waals surface area contributed by atoms with E-state index < -0.39 is 5.82 Å². The molecule has 0 spiro atoms. The van der Waals surface area contributed by atoms with Crippen molar-refractivity contribution in [2.75, 3.05) is 32.0 Å². The number of likely N-dealkylation sites (tertiary alicyclic amines) is 1. The van der Waals surface area contributed by atoms with Crippen molar-refractivity contribution < 1.29 is 18.8 Å². The minimum Gasteiger partial charge on any atom is -0.338 e. The van der Waals surface area contributed by atoms with Gasteiger partial charge in [0.25, 0.3) is 5.91 Å². The van der Waals surface area contributed by atoms with Crippen molar-refractivity contribution in [1.29, 1.82) is 0 Å². The first-order valence-electron chi connectivity index (χ1n) is 10.00. The highest BCUT2D eigenvalue weighted by Crippen LogP contribution is 2.21. The number of amides is 3. The summed E-state index contributed by atoms with van der Waals surface area (Å²) in [4.78, 5) is 40.8. The first kappa shape index (κ1) is 21.5. The zero-order chi connectivity index (χ0) is 21.7. The molecule has 1 heterocycles. The van der Waals surface area contributed by atoms with E-state index in [-0.39, 0.29) is 30.2 Å². The van der Waals surface area contributed by atoms with Gasteiger partial charge in [-0.05, 0) is 56.2 Å². The maximum Gasteiger partial charge on any atom is 0.253 e. The molecule has 1 saturated heterocycles. The predicted molar refractivity (Wildman–Crippen MR) is 112 cm³/mol. The number of benzene rings is 2. The van der Waals surface area contributed by atoms with E-state index in [4.69, 9.17) is 0 Å². The lowest BCUT2D eigenvalue weighted by Crippen LogP contribution is -2.47. The molecule has 3 rings (SSSR count). The molecule has 1 fully saturated rings. The predicted octanol–water partition coefficient (Wildman–Crippen LogP) is 3.08. The first-order valence-corrected chi connectivity index (χ1v) is 10.00. The number of carbonyl (C=O) groups is 3. The lowest BCUT2D eigenvalue weighted by Gasteiger charge is -2.34. The number of hydrogen-bond acceptors (Lipinski definition) is 3. The Kier molecular flexibility index (Phi) is 6.82. The van der Waals surface area contributed by atoms with Gasteiger partial charge in [0.1, 0.15) is 5.82 Å². The Morgan fingerprint density at radius 3 is 2.43 bits per heavy atom. The van der Waals surface area contributed by atoms with Gasteiger partial charge in [0, 0.05) is 31.4 Å². The van der Waals surface area contributed by atoms with E-state index in [1.165, 1.54) is 29.2 Å². The third-order valence-corrected chi connectivity index (χ3v) is 5.24. The third kappa shape index (κ3) is 5.43. The van der Waals surface area contributed by atoms with E-state index in [9.17, 15) is 18.8 Å². The van der Waals surface area contributed by atoms with E-state index in [2.05, 4.69) is 5.32 Å². The molecule has 0 aliphatic carbocycles. The summed E-state index contributed by atoms with van der Waals surface area (Å²) in [5.41, 5.74) is 2.17. The van der Waals surface area contributed by atoms with Crippen LogP contribution >= 0.6 is 0 Å². The van der Waals surface area contributed by atoms with Crippen molar-refractivity contribution >= 4 is 23.4 Å². The molecular formula is C23H26FN3O3. The summed E-state index contributed by atoms with van der Waals surface area (Å²) in [5.74, 6) is -1.41. The molecule has 2 aromatic carbocycles. The number of aryl methyl sites for hydroxylation is 1. The van der Waals surface area contributed by atoms with Gasteiger partial charge in [-0.2, -0.15) is 0 Å². The largest absolute Gasteiger partial charge is 0.338 e. The monoisotopic (exact) mass is 411 g/mol. The lowest BCUT2D eigenvalue weighted by molar-refractivity contribution is -0.138. The Hall–Kier alpha value is -3.22. The van der Waals surface area contributed by atoms with Crippen LogP contribution in [-0.2, 0) is 9.59 Å². The van der Waals surface area contributed by atoms with Crippen LogP contribution in [0.4, 0.5) is 10.1 Å². The van der Waals surface area contributed by atoms with Crippen molar-refractivity contribution in [3.63, 3.8) is 0 Å². The Morgan fingerprint density at radius 2 is 1.77 bits per heavy atom. The quantitative estimate of drug-likeness (QED) is 0.822. The Labute approximate surface area is 175 Å². The summed E-state index contributed by atoms with van der Waals surface area (Å²) in [7, 11) is 1.60. The highest BCUT2D eigenvalue weighted by molar-refractivity contribution is 5.96. The third-order valence-electron chi connectivity index (χ3n) is 5.24. The number of halogens is 1. The summed E-state index contributed by atoms with van der Waals surface area (Å²) < 4.78 is 13.1. The van der Waals surface area contributed by atoms with Gasteiger partial charge in [-0.3, -0.25) is 14.4 Å². The number of anilines is 1. The van der Waals surface area contributed by atoms with Crippen LogP contribution in [-0.4, -0.2) is 54.2 Å². The Morgan fingerprint density at radius 1 is 1.10 bits per heavy atom. The van der Waals surface area contributed by atoms with Crippen LogP contribution in [0.2, 0.25) is 0 Å². The van der Waals surface area contributed by atoms with E-state index in [1.807, 2.05) is 31.2 Å². The molecule has 0 saturated carbocycles. The van der Waals surface area contributed by atoms with E-state index in [0.29, 0.717) is 37.2 Å². The van der Waals surface area contributed by atoms with E-state index in [0.717, 1.165) is 5.56 Å². The van der Waals surface area contributed by atoms with E-state index >= 15 is 0 Å². The van der Waals surface area contributed by atoms with Crippen molar-refractivity contribution in [3.8, 4) is 0 Å². The van der Waals surface area contributed by atoms with Gasteiger partial charge < -0.3 is 15.1 Å². The second kappa shape index (κ2) is 9.52. The summed E-state index contributed by atoms with van der Waals surface area (Å²) in [6.45, 7) is 2.75. The molecule has 6 nitrogen and oxygen atoms in total. The molecule has 1 N–H and O–H groups in total. The van der Waals surface area contributed by atoms with Crippen LogP contribution in [0.1, 0.15) is 28.8 Å². The molecule has 30 heavy (non-hydrogen) atoms. The highest BCUT2D eigenvalue weighted by atomic mass is 19.1. The zero-order valence-electron chi connectivity index (χ0n) is 17.2. The van der Waals surface area contributed by atoms with Crippen molar-refractivity contribution in [2.24, 2.45) is 5.92 Å². The fourth-order valence-electron chi connectivity index (χ4n) is 3.58. The minimum atomic E-state index is -0.399. The van der Waals surface area contributed by atoms with Crippen LogP contribution < -0.4 is 5.32 Å². The standard InChI is InChI=1S/C23H26FN3O3/c1-16-5-11-20(12-6-16)25-21(28)15-26(2)22(29)18-4-3-13-27(14-18)23(30)17-7-9-19(24)10-8-17/h5-12,18H,3-4,13-15H2,1-2H3,(H,25,28). The van der Waals surface area contributed by atoms with Gasteiger partial charge in [-0.1, -0.05) is 17.7 Å². The van der Waals surface area contributed by atoms with Gasteiger partial charge in [-0.15, -0.1) is 0 Å². The molecule has 0 bridgehead atoms. The molecular weight excluding hydrogens is 385 g/mol. The molecule has 2 aromatic rings. The summed E-state index contributed by atoms with van der Waals surface area (Å²) in [6, 6.07) is 12.8. The summed E-state index contributed by atoms with van der Waals surface area (Å²) >= 11 is 0. The molecule has 1 unspecified atom stereocenters. The van der Waals surface area contributed by atoms with Gasteiger partial charge in [0.2, 0.25) is 11.8 Å². The molecule has 1 aliphatic heterocycles. The SMILES string of the molecule is Cc1ccc(NC(=O)CN(C)C(=O)C2CCCN(C(=O)c3ccc(F)cc3)C2)cc1. The summed E-state index contributed by atoms with van der Waals surface area (Å²) in [5, 5.41) is 2.78. The number of likely N-dealkylation sites (N-methyl/N-ethyl adjacent to an activating group) is 1. The highest BCUT2D eigenvalue weighted by Gasteiger charge is 2.31. The van der Waals surface area contributed by atoms with Crippen LogP contribution in [0.25, 0.3) is 0 Å². The van der Waals surface area contributed by atoms with Gasteiger partial charge >= 0.3 is 0 Å². The molecule has 1 atom stereocenters. The van der Waals surface area contributed by atoms with Crippen molar-refractivity contribution in [2.45, 2.75) is 19.8 Å². The normalized spacial score (nSPS) is 16.1. The molecule has 0 aromatic heterocycles. The fraction of sp³-hybridized carbons (Fsp3) is 0.348. The van der Waals surface area contributed by atoms with Crippen LogP contribution in [0, 0.1) is 18.7 Å². The van der Waals surface area contributed by atoms with E-state index in [1.54, 1.807) is 11.9 Å². The van der Waals surface area contributed by atoms with Gasteiger partial charge in [-0.25, -0.2) is 4.39 Å².